The highest BCUT2D eigenvalue weighted by molar-refractivity contribution is 5.96. The van der Waals surface area contributed by atoms with Gasteiger partial charge in [0.1, 0.15) is 6.54 Å². The van der Waals surface area contributed by atoms with E-state index in [0.717, 1.165) is 5.56 Å². The van der Waals surface area contributed by atoms with Crippen LogP contribution in [0.5, 0.6) is 0 Å². The molecule has 0 saturated carbocycles. The molecule has 0 radical (unpaired) electrons. The third-order valence-electron chi connectivity index (χ3n) is 2.60. The molecule has 6 heteroatoms. The maximum absolute atomic E-state index is 11.6. The van der Waals surface area contributed by atoms with Crippen molar-refractivity contribution >= 4 is 23.8 Å². The molecule has 0 saturated heterocycles. The van der Waals surface area contributed by atoms with Crippen molar-refractivity contribution in [2.24, 2.45) is 4.99 Å². The summed E-state index contributed by atoms with van der Waals surface area (Å²) < 4.78 is 0. The molecule has 2 rings (SSSR count). The minimum atomic E-state index is -1.08. The van der Waals surface area contributed by atoms with Gasteiger partial charge in [0.25, 0.3) is 5.91 Å². The lowest BCUT2D eigenvalue weighted by molar-refractivity contribution is -0.135. The van der Waals surface area contributed by atoms with Crippen LogP contribution in [0.2, 0.25) is 0 Å². The standard InChI is InChI=1S/C15H13N3O3/c19-14(20)10-18-15(21)12-1-3-13(4-2-12)17-9-11-5-7-16-8-6-11/h1-9H,10H2,(H,18,21)(H,19,20). The Morgan fingerprint density at radius 3 is 2.43 bits per heavy atom. The van der Waals surface area contributed by atoms with Crippen molar-refractivity contribution in [1.29, 1.82) is 0 Å². The zero-order valence-corrected chi connectivity index (χ0v) is 11.1. The predicted octanol–water partition coefficient (Wildman–Crippen LogP) is 1.65. The molecule has 0 aliphatic rings. The molecule has 0 fully saturated rings. The number of nitrogens with one attached hydrogen (secondary N) is 1. The Labute approximate surface area is 121 Å². The highest BCUT2D eigenvalue weighted by Gasteiger charge is 2.06. The van der Waals surface area contributed by atoms with Gasteiger partial charge in [-0.1, -0.05) is 0 Å². The molecule has 1 amide bonds. The summed E-state index contributed by atoms with van der Waals surface area (Å²) in [7, 11) is 0. The zero-order chi connectivity index (χ0) is 15.1. The summed E-state index contributed by atoms with van der Waals surface area (Å²) in [6, 6.07) is 10.2. The fourth-order valence-electron chi connectivity index (χ4n) is 1.56. The first-order valence-electron chi connectivity index (χ1n) is 6.19. The molecule has 0 spiro atoms. The number of hydrogen-bond acceptors (Lipinski definition) is 4. The first kappa shape index (κ1) is 14.4. The monoisotopic (exact) mass is 283 g/mol. The van der Waals surface area contributed by atoms with E-state index in [1.807, 2.05) is 12.1 Å². The molecule has 0 bridgehead atoms. The Morgan fingerprint density at radius 1 is 1.14 bits per heavy atom. The van der Waals surface area contributed by atoms with E-state index in [4.69, 9.17) is 5.11 Å². The topological polar surface area (TPSA) is 91.7 Å². The Bertz CT molecular complexity index is 652. The van der Waals surface area contributed by atoms with Crippen molar-refractivity contribution in [3.63, 3.8) is 0 Å². The number of carbonyl (C=O) groups excluding carboxylic acids is 1. The van der Waals surface area contributed by atoms with Crippen LogP contribution in [0, 0.1) is 0 Å². The smallest absolute Gasteiger partial charge is 0.322 e. The van der Waals surface area contributed by atoms with Crippen LogP contribution < -0.4 is 5.32 Å². The maximum atomic E-state index is 11.6. The van der Waals surface area contributed by atoms with E-state index in [-0.39, 0.29) is 0 Å². The Balaban J connectivity index is 2.00. The second-order valence-corrected chi connectivity index (χ2v) is 4.16. The molecule has 21 heavy (non-hydrogen) atoms. The number of nitrogens with zero attached hydrogens (tertiary/aromatic N) is 2. The molecular formula is C15H13N3O3. The van der Waals surface area contributed by atoms with Gasteiger partial charge in [-0.2, -0.15) is 0 Å². The van der Waals surface area contributed by atoms with Gasteiger partial charge in [0, 0.05) is 24.2 Å². The van der Waals surface area contributed by atoms with Crippen LogP contribution in [0.1, 0.15) is 15.9 Å². The average molecular weight is 283 g/mol. The van der Waals surface area contributed by atoms with Crippen LogP contribution in [-0.2, 0) is 4.79 Å². The van der Waals surface area contributed by atoms with Crippen molar-refractivity contribution in [3.05, 3.63) is 59.9 Å². The minimum Gasteiger partial charge on any atom is -0.480 e. The van der Waals surface area contributed by atoms with Crippen LogP contribution in [0.15, 0.2) is 53.8 Å². The second-order valence-electron chi connectivity index (χ2n) is 4.16. The molecule has 106 valence electrons. The molecular weight excluding hydrogens is 270 g/mol. The van der Waals surface area contributed by atoms with Crippen molar-refractivity contribution in [3.8, 4) is 0 Å². The normalized spacial score (nSPS) is 10.5. The summed E-state index contributed by atoms with van der Waals surface area (Å²) in [5, 5.41) is 10.8. The van der Waals surface area contributed by atoms with Gasteiger partial charge < -0.3 is 10.4 Å². The Hall–Kier alpha value is -3.02. The average Bonchev–Trinajstić information content (AvgIpc) is 2.52. The molecule has 1 heterocycles. The van der Waals surface area contributed by atoms with Gasteiger partial charge in [0.05, 0.1) is 5.69 Å². The van der Waals surface area contributed by atoms with E-state index in [9.17, 15) is 9.59 Å². The molecule has 1 aromatic carbocycles. The highest BCUT2D eigenvalue weighted by Crippen LogP contribution is 2.13. The minimum absolute atomic E-state index is 0.388. The van der Waals surface area contributed by atoms with E-state index in [1.165, 1.54) is 0 Å². The number of carboxylic acids is 1. The Kier molecular flexibility index (Phi) is 4.76. The molecule has 0 unspecified atom stereocenters. The molecule has 0 aliphatic carbocycles. The molecule has 2 aromatic rings. The Morgan fingerprint density at radius 2 is 1.81 bits per heavy atom. The van der Waals surface area contributed by atoms with Crippen LogP contribution in [0.4, 0.5) is 5.69 Å². The van der Waals surface area contributed by atoms with Crippen molar-refractivity contribution in [2.45, 2.75) is 0 Å². The number of carboxylic acid groups (broad SMARTS) is 1. The lowest BCUT2D eigenvalue weighted by atomic mass is 10.2. The van der Waals surface area contributed by atoms with Crippen LogP contribution in [0.25, 0.3) is 0 Å². The third-order valence-corrected chi connectivity index (χ3v) is 2.60. The van der Waals surface area contributed by atoms with Gasteiger partial charge in [0.15, 0.2) is 0 Å². The summed E-state index contributed by atoms with van der Waals surface area (Å²) in [5.41, 5.74) is 2.01. The molecule has 0 aliphatic heterocycles. The van der Waals surface area contributed by atoms with E-state index < -0.39 is 18.4 Å². The summed E-state index contributed by atoms with van der Waals surface area (Å²) in [5.74, 6) is -1.51. The highest BCUT2D eigenvalue weighted by atomic mass is 16.4. The molecule has 6 nitrogen and oxygen atoms in total. The van der Waals surface area contributed by atoms with Crippen LogP contribution >= 0.6 is 0 Å². The number of rotatable bonds is 5. The molecule has 0 atom stereocenters. The van der Waals surface area contributed by atoms with Gasteiger partial charge in [-0.25, -0.2) is 0 Å². The van der Waals surface area contributed by atoms with Gasteiger partial charge in [0.2, 0.25) is 0 Å². The number of benzene rings is 1. The summed E-state index contributed by atoms with van der Waals surface area (Å²) in [6.45, 7) is -0.402. The number of aromatic nitrogens is 1. The SMILES string of the molecule is O=C(O)CNC(=O)c1ccc(N=Cc2ccncc2)cc1. The van der Waals surface area contributed by atoms with Gasteiger partial charge >= 0.3 is 5.97 Å². The van der Waals surface area contributed by atoms with Gasteiger partial charge in [-0.05, 0) is 42.0 Å². The summed E-state index contributed by atoms with van der Waals surface area (Å²) in [6.07, 6.45) is 5.05. The number of carbonyl (C=O) groups is 2. The van der Waals surface area contributed by atoms with E-state index in [2.05, 4.69) is 15.3 Å². The number of pyridine rings is 1. The van der Waals surface area contributed by atoms with E-state index >= 15 is 0 Å². The number of aliphatic imine (C=N–C) groups is 1. The quantitative estimate of drug-likeness (QED) is 0.816. The second kappa shape index (κ2) is 6.95. The molecule has 2 N–H and O–H groups in total. The lowest BCUT2D eigenvalue weighted by Crippen LogP contribution is -2.29. The third kappa shape index (κ3) is 4.54. The van der Waals surface area contributed by atoms with Crippen LogP contribution in [0.3, 0.4) is 0 Å². The fraction of sp³-hybridized carbons (Fsp3) is 0.0667. The number of amides is 1. The summed E-state index contributed by atoms with van der Waals surface area (Å²) in [4.78, 5) is 30.2. The first-order chi connectivity index (χ1) is 10.1. The van der Waals surface area contributed by atoms with Crippen molar-refractivity contribution in [2.75, 3.05) is 6.54 Å². The maximum Gasteiger partial charge on any atom is 0.322 e. The van der Waals surface area contributed by atoms with Crippen molar-refractivity contribution < 1.29 is 14.7 Å². The van der Waals surface area contributed by atoms with E-state index in [0.29, 0.717) is 11.3 Å². The van der Waals surface area contributed by atoms with Gasteiger partial charge in [-0.3, -0.25) is 19.6 Å². The van der Waals surface area contributed by atoms with Crippen molar-refractivity contribution in [1.82, 2.24) is 10.3 Å². The number of aliphatic carboxylic acids is 1. The van der Waals surface area contributed by atoms with E-state index in [1.54, 1.807) is 42.9 Å². The summed E-state index contributed by atoms with van der Waals surface area (Å²) >= 11 is 0. The predicted molar refractivity (Wildman–Crippen MR) is 77.9 cm³/mol. The fourth-order valence-corrected chi connectivity index (χ4v) is 1.56. The lowest BCUT2D eigenvalue weighted by Gasteiger charge is -2.02. The first-order valence-corrected chi connectivity index (χ1v) is 6.19. The largest absolute Gasteiger partial charge is 0.480 e. The van der Waals surface area contributed by atoms with Crippen LogP contribution in [-0.4, -0.2) is 34.7 Å². The number of hydrogen-bond donors (Lipinski definition) is 2. The van der Waals surface area contributed by atoms with Gasteiger partial charge in [-0.15, -0.1) is 0 Å². The molecule has 1 aromatic heterocycles. The zero-order valence-electron chi connectivity index (χ0n) is 11.1.